The molecule has 0 bridgehead atoms. The first kappa shape index (κ1) is 21.4. The Kier molecular flexibility index (Phi) is 12.6. The fourth-order valence-corrected chi connectivity index (χ4v) is 3.25. The Morgan fingerprint density at radius 1 is 0.909 bits per heavy atom. The molecule has 22 heavy (non-hydrogen) atoms. The van der Waals surface area contributed by atoms with Gasteiger partial charge in [0.05, 0.1) is 0 Å². The number of hydrogen-bond donors (Lipinski definition) is 0. The van der Waals surface area contributed by atoms with Crippen molar-refractivity contribution in [2.75, 3.05) is 26.2 Å². The van der Waals surface area contributed by atoms with E-state index in [0.29, 0.717) is 11.9 Å². The number of nitrogens with zero attached hydrogens (tertiary/aromatic N) is 2. The zero-order chi connectivity index (χ0) is 17.0. The molecule has 2 saturated heterocycles. The van der Waals surface area contributed by atoms with Crippen LogP contribution in [-0.4, -0.2) is 47.9 Å². The molecule has 0 aliphatic carbocycles. The fourth-order valence-electron chi connectivity index (χ4n) is 3.25. The Morgan fingerprint density at radius 2 is 1.45 bits per heavy atom. The van der Waals surface area contributed by atoms with Gasteiger partial charge in [0.1, 0.15) is 0 Å². The maximum absolute atomic E-state index is 12.3. The van der Waals surface area contributed by atoms with E-state index < -0.39 is 0 Å². The van der Waals surface area contributed by atoms with Crippen LogP contribution in [0.5, 0.6) is 0 Å². The average molecular weight is 313 g/mol. The Labute approximate surface area is 139 Å². The maximum atomic E-state index is 12.3. The molecule has 2 rings (SSSR count). The van der Waals surface area contributed by atoms with Crippen molar-refractivity contribution in [3.8, 4) is 0 Å². The van der Waals surface area contributed by atoms with Crippen molar-refractivity contribution in [1.82, 2.24) is 9.80 Å². The largest absolute Gasteiger partial charge is 0.338 e. The topological polar surface area (TPSA) is 23.6 Å². The van der Waals surface area contributed by atoms with Gasteiger partial charge in [-0.25, -0.2) is 0 Å². The van der Waals surface area contributed by atoms with Crippen LogP contribution in [0.1, 0.15) is 80.1 Å². The smallest absolute Gasteiger partial charge is 0.225 e. The molecule has 0 saturated carbocycles. The van der Waals surface area contributed by atoms with Gasteiger partial charge in [0.15, 0.2) is 0 Å². The van der Waals surface area contributed by atoms with E-state index in [4.69, 9.17) is 0 Å². The predicted octanol–water partition coefficient (Wildman–Crippen LogP) is 4.56. The molecule has 0 spiro atoms. The van der Waals surface area contributed by atoms with E-state index in [2.05, 4.69) is 9.80 Å². The second kappa shape index (κ2) is 12.9. The van der Waals surface area contributed by atoms with E-state index in [-0.39, 0.29) is 5.92 Å². The van der Waals surface area contributed by atoms with Crippen LogP contribution >= 0.6 is 0 Å². The third kappa shape index (κ3) is 7.13. The molecule has 0 N–H and O–H groups in total. The first-order valence-corrected chi connectivity index (χ1v) is 9.71. The van der Waals surface area contributed by atoms with Crippen molar-refractivity contribution >= 4 is 5.91 Å². The lowest BCUT2D eigenvalue weighted by Crippen LogP contribution is -2.51. The lowest BCUT2D eigenvalue weighted by atomic mass is 9.98. The highest BCUT2D eigenvalue weighted by atomic mass is 16.2. The number of amides is 1. The molecule has 3 nitrogen and oxygen atoms in total. The third-order valence-electron chi connectivity index (χ3n) is 4.32. The first-order valence-electron chi connectivity index (χ1n) is 9.71. The van der Waals surface area contributed by atoms with Gasteiger partial charge in [-0.05, 0) is 45.2 Å². The van der Waals surface area contributed by atoms with Crippen LogP contribution < -0.4 is 0 Å². The Hall–Kier alpha value is -0.570. The van der Waals surface area contributed by atoms with Gasteiger partial charge in [-0.15, -0.1) is 0 Å². The summed E-state index contributed by atoms with van der Waals surface area (Å²) in [4.78, 5) is 17.0. The van der Waals surface area contributed by atoms with Crippen molar-refractivity contribution < 1.29 is 4.79 Å². The molecular weight excluding hydrogens is 272 g/mol. The minimum atomic E-state index is 0.145. The normalized spacial score (nSPS) is 22.3. The van der Waals surface area contributed by atoms with Gasteiger partial charge in [0.2, 0.25) is 5.91 Å². The molecular formula is C19H40N2O. The zero-order valence-corrected chi connectivity index (χ0v) is 16.0. The van der Waals surface area contributed by atoms with Gasteiger partial charge in [0.25, 0.3) is 0 Å². The zero-order valence-electron chi connectivity index (χ0n) is 16.0. The van der Waals surface area contributed by atoms with Gasteiger partial charge in [-0.2, -0.15) is 0 Å². The highest BCUT2D eigenvalue weighted by Gasteiger charge is 2.29. The Morgan fingerprint density at radius 3 is 2.00 bits per heavy atom. The summed E-state index contributed by atoms with van der Waals surface area (Å²) in [6.07, 6.45) is 7.75. The first-order chi connectivity index (χ1) is 10.7. The number of hydrogen-bond acceptors (Lipinski definition) is 2. The van der Waals surface area contributed by atoms with Crippen molar-refractivity contribution in [1.29, 1.82) is 0 Å². The van der Waals surface area contributed by atoms with Crippen LogP contribution in [0, 0.1) is 5.92 Å². The van der Waals surface area contributed by atoms with Crippen LogP contribution in [0.3, 0.4) is 0 Å². The fraction of sp³-hybridized carbons (Fsp3) is 0.947. The molecule has 2 heterocycles. The summed E-state index contributed by atoms with van der Waals surface area (Å²) in [6.45, 7) is 16.6. The van der Waals surface area contributed by atoms with Crippen LogP contribution in [0.15, 0.2) is 0 Å². The number of piperidine rings is 2. The van der Waals surface area contributed by atoms with Crippen LogP contribution in [-0.2, 0) is 4.79 Å². The minimum absolute atomic E-state index is 0.145. The van der Waals surface area contributed by atoms with Crippen LogP contribution in [0.2, 0.25) is 0 Å². The Bertz CT molecular complexity index is 273. The molecule has 0 aromatic rings. The number of likely N-dealkylation sites (tertiary alicyclic amines) is 2. The lowest BCUT2D eigenvalue weighted by molar-refractivity contribution is -0.138. The van der Waals surface area contributed by atoms with E-state index in [1.54, 1.807) is 0 Å². The SMILES string of the molecule is CC.CC.CC(C)C(=O)N1CCCCC1CN1CCCCC1. The molecule has 2 fully saturated rings. The molecule has 0 aromatic carbocycles. The molecule has 0 radical (unpaired) electrons. The van der Waals surface area contributed by atoms with Gasteiger partial charge in [-0.1, -0.05) is 48.0 Å². The monoisotopic (exact) mass is 312 g/mol. The van der Waals surface area contributed by atoms with Gasteiger partial charge in [-0.3, -0.25) is 4.79 Å². The second-order valence-electron chi connectivity index (χ2n) is 6.20. The number of carbonyl (C=O) groups excluding carboxylic acids is 1. The summed E-state index contributed by atoms with van der Waals surface area (Å²) in [5, 5.41) is 0. The van der Waals surface area contributed by atoms with Crippen molar-refractivity contribution in [3.05, 3.63) is 0 Å². The van der Waals surface area contributed by atoms with Crippen molar-refractivity contribution in [2.24, 2.45) is 5.92 Å². The molecule has 1 atom stereocenters. The number of carbonyl (C=O) groups is 1. The van der Waals surface area contributed by atoms with Crippen molar-refractivity contribution in [3.63, 3.8) is 0 Å². The summed E-state index contributed by atoms with van der Waals surface area (Å²) < 4.78 is 0. The molecule has 2 aliphatic rings. The van der Waals surface area contributed by atoms with Gasteiger partial charge < -0.3 is 9.80 Å². The van der Waals surface area contributed by atoms with Crippen LogP contribution in [0.4, 0.5) is 0 Å². The predicted molar refractivity (Wildman–Crippen MR) is 97.2 cm³/mol. The second-order valence-corrected chi connectivity index (χ2v) is 6.20. The molecule has 3 heteroatoms. The average Bonchev–Trinajstić information content (AvgIpc) is 2.59. The summed E-state index contributed by atoms with van der Waals surface area (Å²) in [6, 6.07) is 0.478. The Balaban J connectivity index is 0.00000102. The van der Waals surface area contributed by atoms with E-state index in [1.165, 1.54) is 51.6 Å². The standard InChI is InChI=1S/C15H28N2O.2C2H6/c1-13(2)15(18)17-11-7-4-8-14(17)12-16-9-5-3-6-10-16;2*1-2/h13-14H,3-12H2,1-2H3;2*1-2H3. The summed E-state index contributed by atoms with van der Waals surface area (Å²) in [5.41, 5.74) is 0. The summed E-state index contributed by atoms with van der Waals surface area (Å²) >= 11 is 0. The van der Waals surface area contributed by atoms with Gasteiger partial charge >= 0.3 is 0 Å². The maximum Gasteiger partial charge on any atom is 0.225 e. The van der Waals surface area contributed by atoms with E-state index >= 15 is 0 Å². The summed E-state index contributed by atoms with van der Waals surface area (Å²) in [5.74, 6) is 0.503. The lowest BCUT2D eigenvalue weighted by Gasteiger charge is -2.40. The molecule has 2 aliphatic heterocycles. The van der Waals surface area contributed by atoms with Crippen LogP contribution in [0.25, 0.3) is 0 Å². The van der Waals surface area contributed by atoms with E-state index in [0.717, 1.165) is 13.1 Å². The summed E-state index contributed by atoms with van der Waals surface area (Å²) in [7, 11) is 0. The van der Waals surface area contributed by atoms with E-state index in [1.807, 2.05) is 41.5 Å². The van der Waals surface area contributed by atoms with E-state index in [9.17, 15) is 4.79 Å². The minimum Gasteiger partial charge on any atom is -0.338 e. The highest BCUT2D eigenvalue weighted by molar-refractivity contribution is 5.78. The van der Waals surface area contributed by atoms with Crippen molar-refractivity contribution in [2.45, 2.75) is 86.1 Å². The molecule has 1 unspecified atom stereocenters. The quantitative estimate of drug-likeness (QED) is 0.762. The molecule has 0 aromatic heterocycles. The molecule has 1 amide bonds. The van der Waals surface area contributed by atoms with Gasteiger partial charge in [0, 0.05) is 25.0 Å². The molecule has 132 valence electrons. The third-order valence-corrected chi connectivity index (χ3v) is 4.32. The number of rotatable bonds is 3. The highest BCUT2D eigenvalue weighted by Crippen LogP contribution is 2.21.